The Morgan fingerprint density at radius 1 is 0.313 bits per heavy atom. The number of imidazole rings is 4. The van der Waals surface area contributed by atoms with Crippen LogP contribution in [0.25, 0.3) is 67.6 Å². The van der Waals surface area contributed by atoms with Gasteiger partial charge in [0.05, 0.1) is 75.3 Å². The van der Waals surface area contributed by atoms with Gasteiger partial charge in [0.25, 0.3) is 47.3 Å². The number of aryl methyl sites for hydroxylation is 1. The molecule has 4 aliphatic heterocycles. The van der Waals surface area contributed by atoms with Crippen molar-refractivity contribution in [1.82, 2.24) is 97.6 Å². The van der Waals surface area contributed by atoms with Gasteiger partial charge in [0.1, 0.15) is 68.4 Å². The first-order chi connectivity index (χ1) is 67.9. The molecular formula is C106H127F9N20O12. The molecule has 41 heteroatoms. The number of rotatable bonds is 16. The SMILES string of the molecule is CC(C)c1cc(-c2cc(F)cc(F)c2)nn2cc(C(=O)N3CCN(C(=O)C(C)(C)O)CC3(C)C)nc12.CC(C)c1cc(-c2ccc(F)c(C(F)(F)F)c2)nn2cc(C(=O)N3CCN(C(=O)C(C)(C)O)CC3(C)C)nc12.CC(C)c1cc(-c2ccc(F)c(F)c2)nn2cc(C(=O)N3CCN(C(=O)C(C)(C)O)CC3(C)C)nc12.Cc1cc(-c2cc(C(C)C)c3nc(C(=O)N4CCN(C(=O)C(C)(C)O)CC4(C)C)cn3n2)ccc1F. The monoisotopic (exact) mass is 2040 g/mol. The number of halogens is 9. The lowest BCUT2D eigenvalue weighted by Gasteiger charge is -2.47. The van der Waals surface area contributed by atoms with Gasteiger partial charge in [0.2, 0.25) is 0 Å². The highest BCUT2D eigenvalue weighted by Crippen LogP contribution is 2.40. The first-order valence-electron chi connectivity index (χ1n) is 48.5. The van der Waals surface area contributed by atoms with E-state index >= 15 is 0 Å². The van der Waals surface area contributed by atoms with Crippen LogP contribution in [0.3, 0.4) is 0 Å². The van der Waals surface area contributed by atoms with Crippen molar-refractivity contribution >= 4 is 69.8 Å². The molecular weight excluding hydrogens is 1920 g/mol. The number of nitrogens with zero attached hydrogens (tertiary/aromatic N) is 20. The summed E-state index contributed by atoms with van der Waals surface area (Å²) < 4.78 is 129. The minimum absolute atomic E-state index is 0.00541. The fraction of sp³-hybridized carbons (Fsp3) is 0.472. The highest BCUT2D eigenvalue weighted by molar-refractivity contribution is 5.97. The van der Waals surface area contributed by atoms with Crippen molar-refractivity contribution in [3.8, 4) is 45.0 Å². The van der Waals surface area contributed by atoms with Crippen LogP contribution in [0.2, 0.25) is 0 Å². The summed E-state index contributed by atoms with van der Waals surface area (Å²) in [7, 11) is 0. The first-order valence-corrected chi connectivity index (χ1v) is 48.5. The third-order valence-corrected chi connectivity index (χ3v) is 26.4. The van der Waals surface area contributed by atoms with Gasteiger partial charge in [-0.2, -0.15) is 33.6 Å². The molecule has 0 radical (unpaired) electrons. The normalized spacial score (nSPS) is 16.2. The van der Waals surface area contributed by atoms with Gasteiger partial charge in [-0.15, -0.1) is 0 Å². The second-order valence-electron chi connectivity index (χ2n) is 43.8. The molecule has 32 nitrogen and oxygen atoms in total. The second-order valence-corrected chi connectivity index (χ2v) is 43.8. The van der Waals surface area contributed by atoms with Crippen LogP contribution in [0.15, 0.2) is 122 Å². The summed E-state index contributed by atoms with van der Waals surface area (Å²) in [5, 5.41) is 58.6. The molecule has 0 unspecified atom stereocenters. The number of aliphatic hydroxyl groups is 4. The predicted octanol–water partition coefficient (Wildman–Crippen LogP) is 15.6. The average Bonchev–Trinajstić information content (AvgIpc) is 1.66. The van der Waals surface area contributed by atoms with Crippen molar-refractivity contribution in [2.75, 3.05) is 78.5 Å². The Morgan fingerprint density at radius 3 is 0.796 bits per heavy atom. The summed E-state index contributed by atoms with van der Waals surface area (Å²) in [5.41, 5.74) is -0.600. The molecule has 0 spiro atoms. The van der Waals surface area contributed by atoms with Crippen molar-refractivity contribution in [2.45, 2.75) is 248 Å². The van der Waals surface area contributed by atoms with Crippen LogP contribution >= 0.6 is 0 Å². The molecule has 12 aromatic rings. The molecule has 0 saturated carbocycles. The Labute approximate surface area is 845 Å². The summed E-state index contributed by atoms with van der Waals surface area (Å²) in [6, 6.07) is 21.5. The van der Waals surface area contributed by atoms with Crippen molar-refractivity contribution in [1.29, 1.82) is 0 Å². The summed E-state index contributed by atoms with van der Waals surface area (Å²) in [6.45, 7) is 47.2. The van der Waals surface area contributed by atoms with Crippen LogP contribution in [-0.2, 0) is 25.4 Å². The number of piperazine rings is 4. The highest BCUT2D eigenvalue weighted by Gasteiger charge is 2.48. The van der Waals surface area contributed by atoms with Crippen LogP contribution in [0.5, 0.6) is 0 Å². The Kier molecular flexibility index (Phi) is 30.7. The summed E-state index contributed by atoms with van der Waals surface area (Å²) in [5.74, 6) is -7.73. The van der Waals surface area contributed by atoms with Gasteiger partial charge in [-0.25, -0.2) is 64.3 Å². The summed E-state index contributed by atoms with van der Waals surface area (Å²) in [4.78, 5) is 136. The third-order valence-electron chi connectivity index (χ3n) is 26.4. The van der Waals surface area contributed by atoms with E-state index in [1.807, 2.05) is 117 Å². The molecule has 4 aliphatic rings. The maximum Gasteiger partial charge on any atom is 0.419 e. The molecule has 147 heavy (non-hydrogen) atoms. The van der Waals surface area contributed by atoms with Gasteiger partial charge in [-0.1, -0.05) is 55.4 Å². The van der Waals surface area contributed by atoms with Crippen molar-refractivity contribution < 1.29 is 98.3 Å². The first kappa shape index (κ1) is 111. The number of carbonyl (C=O) groups is 8. The van der Waals surface area contributed by atoms with Crippen LogP contribution in [0.4, 0.5) is 39.5 Å². The Balaban J connectivity index is 0.000000164. The van der Waals surface area contributed by atoms with Crippen LogP contribution < -0.4 is 0 Å². The molecule has 16 rings (SSSR count). The van der Waals surface area contributed by atoms with Crippen LogP contribution in [0.1, 0.15) is 265 Å². The van der Waals surface area contributed by atoms with Gasteiger partial charge >= 0.3 is 6.18 Å². The van der Waals surface area contributed by atoms with Gasteiger partial charge in [0, 0.05) is 129 Å². The largest absolute Gasteiger partial charge is 0.419 e. The van der Waals surface area contributed by atoms with Crippen LogP contribution in [-0.4, -0.2) is 288 Å². The highest BCUT2D eigenvalue weighted by atomic mass is 19.4. The van der Waals surface area contributed by atoms with Crippen molar-refractivity contribution in [3.63, 3.8) is 0 Å². The van der Waals surface area contributed by atoms with Gasteiger partial charge in [-0.05, 0) is 238 Å². The molecule has 4 N–H and O–H groups in total. The number of hydrogen-bond donors (Lipinski definition) is 4. The maximum absolute atomic E-state index is 13.9. The predicted molar refractivity (Wildman–Crippen MR) is 532 cm³/mol. The van der Waals surface area contributed by atoms with Crippen molar-refractivity contribution in [2.24, 2.45) is 0 Å². The van der Waals surface area contributed by atoms with Gasteiger partial charge in [0.15, 0.2) is 34.2 Å². The molecule has 4 aromatic carbocycles. The standard InChI is InChI=1S/C27H31F4N5O3.C27H34FN5O3.2C26H31F2N5O3/c1-15(2)17-12-20(16-7-8-19(28)18(11-16)27(29,30)31)33-36-13-21(32-22(17)36)23(37)35-10-9-34(14-25(35,3)4)24(38)26(5,6)39;1-16(2)19-13-21(18-8-9-20(28)17(3)12-18)30-33-14-22(29-23(19)33)24(34)32-11-10-31(15-26(32,4)5)25(35)27(6,7)36;1-15(2)19-12-20(16-9-17(27)11-18(28)10-16)30-33-13-21(29-22(19)33)23(34)32-8-7-31(14-25(32,3)4)24(35)26(5,6)36;1-15(2)17-12-20(16-7-8-18(27)19(28)11-16)30-33-13-21(29-22(17)33)23(34)32-10-9-31(14-25(32,3)4)24(35)26(5,6)36/h7-8,11-13,15,39H,9-10,14H2,1-6H3;8-9,12-14,16,36H,10-11,15H2,1-7H3;9-13,15,36H,7-8,14H2,1-6H3;7-8,11-13,15,36H,9-10,14H2,1-6H3. The lowest BCUT2D eigenvalue weighted by Crippen LogP contribution is -2.64. The summed E-state index contributed by atoms with van der Waals surface area (Å²) >= 11 is 0. The Hall–Kier alpha value is -13.7. The molecule has 4 saturated heterocycles. The second kappa shape index (κ2) is 40.9. The van der Waals surface area contributed by atoms with E-state index < -0.39 is 97.2 Å². The average molecular weight is 2040 g/mol. The smallest absolute Gasteiger partial charge is 0.381 e. The number of alkyl halides is 3. The van der Waals surface area contributed by atoms with E-state index in [1.165, 1.54) is 123 Å². The van der Waals surface area contributed by atoms with E-state index in [-0.39, 0.29) is 157 Å². The van der Waals surface area contributed by atoms with E-state index in [2.05, 4.69) is 40.3 Å². The zero-order valence-electron chi connectivity index (χ0n) is 87.2. The number of carbonyl (C=O) groups excluding carboxylic acids is 8. The van der Waals surface area contributed by atoms with Gasteiger partial charge < -0.3 is 59.6 Å². The molecule has 0 atom stereocenters. The molecule has 0 aliphatic carbocycles. The zero-order chi connectivity index (χ0) is 109. The third kappa shape index (κ3) is 23.8. The minimum Gasteiger partial charge on any atom is -0.381 e. The molecule has 786 valence electrons. The van der Waals surface area contributed by atoms with E-state index in [0.717, 1.165) is 46.5 Å². The molecule has 8 amide bonds. The van der Waals surface area contributed by atoms with Crippen molar-refractivity contribution in [3.05, 3.63) is 213 Å². The lowest BCUT2D eigenvalue weighted by molar-refractivity contribution is -0.152. The Morgan fingerprint density at radius 2 is 0.558 bits per heavy atom. The number of fused-ring (bicyclic) bond motifs is 4. The number of amides is 8. The number of benzene rings is 4. The lowest BCUT2D eigenvalue weighted by atomic mass is 9.96. The fourth-order valence-corrected chi connectivity index (χ4v) is 18.7. The number of aromatic nitrogens is 12. The summed E-state index contributed by atoms with van der Waals surface area (Å²) in [6.07, 6.45) is 1.25. The minimum atomic E-state index is -4.87. The zero-order valence-corrected chi connectivity index (χ0v) is 87.2. The fourth-order valence-electron chi connectivity index (χ4n) is 18.7. The van der Waals surface area contributed by atoms with Crippen LogP contribution in [0, 0.1) is 41.8 Å². The van der Waals surface area contributed by atoms with E-state index in [9.17, 15) is 98.3 Å². The van der Waals surface area contributed by atoms with Gasteiger partial charge in [-0.3, -0.25) is 38.4 Å². The molecule has 8 aromatic heterocycles. The van der Waals surface area contributed by atoms with E-state index in [4.69, 9.17) is 0 Å². The molecule has 12 heterocycles. The quantitative estimate of drug-likeness (QED) is 0.0653. The van der Waals surface area contributed by atoms with E-state index in [0.29, 0.717) is 88.6 Å². The maximum atomic E-state index is 13.9. The molecule has 4 fully saturated rings. The number of hydrogen-bond acceptors (Lipinski definition) is 20. The Bertz CT molecular complexity index is 6910. The topological polar surface area (TPSA) is 364 Å². The molecule has 0 bridgehead atoms. The van der Waals surface area contributed by atoms with E-state index in [1.54, 1.807) is 82.3 Å².